The Hall–Kier alpha value is -1.02. The molecule has 0 atom stereocenters. The van der Waals surface area contributed by atoms with Crippen LogP contribution < -0.4 is 5.73 Å². The van der Waals surface area contributed by atoms with Crippen molar-refractivity contribution in [3.05, 3.63) is 29.8 Å². The summed E-state index contributed by atoms with van der Waals surface area (Å²) in [4.78, 5) is 0.637. The van der Waals surface area contributed by atoms with Crippen LogP contribution in [-0.4, -0.2) is 44.5 Å². The second kappa shape index (κ2) is 7.68. The average molecular weight is 316 g/mol. The van der Waals surface area contributed by atoms with Crippen LogP contribution in [0.2, 0.25) is 0 Å². The number of rotatable bonds is 8. The van der Waals surface area contributed by atoms with E-state index in [-0.39, 0.29) is 4.90 Å². The molecule has 112 valence electrons. The Bertz CT molecular complexity index is 541. The fourth-order valence-corrected chi connectivity index (χ4v) is 2.94. The van der Waals surface area contributed by atoms with Gasteiger partial charge in [0.05, 0.1) is 16.5 Å². The zero-order valence-corrected chi connectivity index (χ0v) is 13.3. The van der Waals surface area contributed by atoms with E-state index in [0.717, 1.165) is 5.56 Å². The van der Waals surface area contributed by atoms with E-state index in [2.05, 4.69) is 0 Å². The SMILES string of the molecule is CCOCCN(C)S(=O)(=O)c1ccc(CC(N)=S)cc1. The minimum atomic E-state index is -3.48. The summed E-state index contributed by atoms with van der Waals surface area (Å²) >= 11 is 4.82. The minimum absolute atomic E-state index is 0.253. The van der Waals surface area contributed by atoms with Gasteiger partial charge in [-0.15, -0.1) is 0 Å². The third kappa shape index (κ3) is 4.82. The maximum absolute atomic E-state index is 12.3. The van der Waals surface area contributed by atoms with Gasteiger partial charge in [-0.2, -0.15) is 4.31 Å². The van der Waals surface area contributed by atoms with E-state index in [0.29, 0.717) is 31.2 Å². The molecule has 0 unspecified atom stereocenters. The molecule has 1 aromatic rings. The second-order valence-electron chi connectivity index (χ2n) is 4.31. The van der Waals surface area contributed by atoms with Gasteiger partial charge in [-0.1, -0.05) is 24.4 Å². The lowest BCUT2D eigenvalue weighted by molar-refractivity contribution is 0.138. The van der Waals surface area contributed by atoms with Crippen LogP contribution in [0.25, 0.3) is 0 Å². The minimum Gasteiger partial charge on any atom is -0.393 e. The Balaban J connectivity index is 2.79. The first-order valence-electron chi connectivity index (χ1n) is 6.29. The first kappa shape index (κ1) is 17.0. The molecule has 0 heterocycles. The van der Waals surface area contributed by atoms with Gasteiger partial charge in [0.25, 0.3) is 0 Å². The van der Waals surface area contributed by atoms with E-state index in [9.17, 15) is 8.42 Å². The monoisotopic (exact) mass is 316 g/mol. The first-order valence-corrected chi connectivity index (χ1v) is 8.14. The van der Waals surface area contributed by atoms with Crippen molar-refractivity contribution >= 4 is 27.2 Å². The molecule has 2 N–H and O–H groups in total. The molecule has 0 aromatic heterocycles. The van der Waals surface area contributed by atoms with Crippen molar-refractivity contribution in [1.82, 2.24) is 4.31 Å². The van der Waals surface area contributed by atoms with Gasteiger partial charge >= 0.3 is 0 Å². The average Bonchev–Trinajstić information content (AvgIpc) is 2.38. The molecule has 0 spiro atoms. The summed E-state index contributed by atoms with van der Waals surface area (Å²) in [6, 6.07) is 6.59. The van der Waals surface area contributed by atoms with Crippen molar-refractivity contribution in [3.8, 4) is 0 Å². The van der Waals surface area contributed by atoms with Crippen molar-refractivity contribution in [3.63, 3.8) is 0 Å². The van der Waals surface area contributed by atoms with Crippen molar-refractivity contribution in [2.24, 2.45) is 5.73 Å². The molecule has 0 saturated carbocycles. The van der Waals surface area contributed by atoms with Gasteiger partial charge in [-0.05, 0) is 24.6 Å². The number of thiocarbonyl (C=S) groups is 1. The lowest BCUT2D eigenvalue weighted by atomic mass is 10.1. The molecular weight excluding hydrogens is 296 g/mol. The van der Waals surface area contributed by atoms with Crippen LogP contribution in [0.5, 0.6) is 0 Å². The second-order valence-corrected chi connectivity index (χ2v) is 6.88. The molecule has 7 heteroatoms. The molecule has 0 aliphatic heterocycles. The molecule has 0 bridgehead atoms. The first-order chi connectivity index (χ1) is 9.37. The van der Waals surface area contributed by atoms with E-state index < -0.39 is 10.0 Å². The van der Waals surface area contributed by atoms with Gasteiger partial charge in [-0.25, -0.2) is 8.42 Å². The lowest BCUT2D eigenvalue weighted by Crippen LogP contribution is -2.30. The normalized spacial score (nSPS) is 11.8. The third-order valence-electron chi connectivity index (χ3n) is 2.76. The Morgan fingerprint density at radius 2 is 1.95 bits per heavy atom. The standard InChI is InChI=1S/C13H20N2O3S2/c1-3-18-9-8-15(2)20(16,17)12-6-4-11(5-7-12)10-13(14)19/h4-7H,3,8-10H2,1-2H3,(H2,14,19). The van der Waals surface area contributed by atoms with Crippen molar-refractivity contribution in [1.29, 1.82) is 0 Å². The van der Waals surface area contributed by atoms with E-state index in [1.165, 1.54) is 11.4 Å². The lowest BCUT2D eigenvalue weighted by Gasteiger charge is -2.17. The van der Waals surface area contributed by atoms with E-state index >= 15 is 0 Å². The van der Waals surface area contributed by atoms with E-state index in [1.807, 2.05) is 6.92 Å². The highest BCUT2D eigenvalue weighted by Crippen LogP contribution is 2.15. The number of likely N-dealkylation sites (N-methyl/N-ethyl adjacent to an activating group) is 1. The van der Waals surface area contributed by atoms with Gasteiger partial charge in [0.2, 0.25) is 10.0 Å². The quantitative estimate of drug-likeness (QED) is 0.576. The zero-order chi connectivity index (χ0) is 15.2. The van der Waals surface area contributed by atoms with Crippen molar-refractivity contribution in [2.75, 3.05) is 26.8 Å². The number of ether oxygens (including phenoxy) is 1. The van der Waals surface area contributed by atoms with Crippen molar-refractivity contribution < 1.29 is 13.2 Å². The maximum atomic E-state index is 12.3. The van der Waals surface area contributed by atoms with Crippen molar-refractivity contribution in [2.45, 2.75) is 18.2 Å². The highest BCUT2D eigenvalue weighted by molar-refractivity contribution is 7.89. The highest BCUT2D eigenvalue weighted by atomic mass is 32.2. The molecule has 0 saturated heterocycles. The number of nitrogens with two attached hydrogens (primary N) is 1. The van der Waals surface area contributed by atoms with E-state index in [1.54, 1.807) is 24.3 Å². The molecule has 5 nitrogen and oxygen atoms in total. The molecule has 0 aliphatic carbocycles. The van der Waals surface area contributed by atoms with Crippen LogP contribution in [0.3, 0.4) is 0 Å². The van der Waals surface area contributed by atoms with Gasteiger partial charge in [0, 0.05) is 26.6 Å². The topological polar surface area (TPSA) is 72.6 Å². The smallest absolute Gasteiger partial charge is 0.242 e. The number of hydrogen-bond acceptors (Lipinski definition) is 4. The van der Waals surface area contributed by atoms with Crippen LogP contribution in [-0.2, 0) is 21.2 Å². The summed E-state index contributed by atoms with van der Waals surface area (Å²) in [5.41, 5.74) is 6.35. The molecule has 0 fully saturated rings. The Morgan fingerprint density at radius 1 is 1.35 bits per heavy atom. The molecule has 0 aliphatic rings. The molecule has 0 amide bonds. The summed E-state index contributed by atoms with van der Waals surface area (Å²) in [7, 11) is -1.94. The summed E-state index contributed by atoms with van der Waals surface area (Å²) < 4.78 is 31.0. The molecule has 1 rings (SSSR count). The maximum Gasteiger partial charge on any atom is 0.242 e. The molecule has 1 aromatic carbocycles. The summed E-state index contributed by atoms with van der Waals surface area (Å²) in [6.07, 6.45) is 0.468. The predicted molar refractivity (Wildman–Crippen MR) is 83.2 cm³/mol. The van der Waals surface area contributed by atoms with Gasteiger partial charge < -0.3 is 10.5 Å². The predicted octanol–water partition coefficient (Wildman–Crippen LogP) is 1.17. The summed E-state index contributed by atoms with van der Waals surface area (Å²) in [6.45, 7) is 3.15. The molecule has 20 heavy (non-hydrogen) atoms. The fraction of sp³-hybridized carbons (Fsp3) is 0.462. The summed E-state index contributed by atoms with van der Waals surface area (Å²) in [5.74, 6) is 0. The number of benzene rings is 1. The fourth-order valence-electron chi connectivity index (χ4n) is 1.62. The molecule has 0 radical (unpaired) electrons. The third-order valence-corrected chi connectivity index (χ3v) is 4.78. The Morgan fingerprint density at radius 3 is 2.45 bits per heavy atom. The van der Waals surface area contributed by atoms with Crippen LogP contribution in [0, 0.1) is 0 Å². The Kier molecular flexibility index (Phi) is 6.54. The number of sulfonamides is 1. The molecular formula is C13H20N2O3S2. The Labute approximate surface area is 125 Å². The van der Waals surface area contributed by atoms with E-state index in [4.69, 9.17) is 22.7 Å². The van der Waals surface area contributed by atoms with Crippen LogP contribution >= 0.6 is 12.2 Å². The largest absolute Gasteiger partial charge is 0.393 e. The highest BCUT2D eigenvalue weighted by Gasteiger charge is 2.20. The van der Waals surface area contributed by atoms with Crippen LogP contribution in [0.15, 0.2) is 29.2 Å². The number of nitrogens with zero attached hydrogens (tertiary/aromatic N) is 1. The van der Waals surface area contributed by atoms with Gasteiger partial charge in [0.1, 0.15) is 0 Å². The van der Waals surface area contributed by atoms with Crippen LogP contribution in [0.1, 0.15) is 12.5 Å². The zero-order valence-electron chi connectivity index (χ0n) is 11.7. The van der Waals surface area contributed by atoms with Crippen LogP contribution in [0.4, 0.5) is 0 Å². The van der Waals surface area contributed by atoms with Gasteiger partial charge in [0.15, 0.2) is 0 Å². The number of hydrogen-bond donors (Lipinski definition) is 1. The van der Waals surface area contributed by atoms with Gasteiger partial charge in [-0.3, -0.25) is 0 Å². The summed E-state index contributed by atoms with van der Waals surface area (Å²) in [5, 5.41) is 0.